The lowest BCUT2D eigenvalue weighted by Gasteiger charge is -2.21. The van der Waals surface area contributed by atoms with Gasteiger partial charge in [0.05, 0.1) is 11.7 Å². The molecule has 0 fully saturated rings. The largest absolute Gasteiger partial charge is 0.504 e. The van der Waals surface area contributed by atoms with Crippen molar-refractivity contribution in [2.24, 2.45) is 0 Å². The quantitative estimate of drug-likeness (QED) is 0.816. The van der Waals surface area contributed by atoms with Gasteiger partial charge in [0, 0.05) is 5.56 Å². The van der Waals surface area contributed by atoms with Gasteiger partial charge in [-0.15, -0.1) is 0 Å². The number of phenolic OH excluding ortho intramolecular Hbond substituents is 1. The molecule has 0 saturated carbocycles. The summed E-state index contributed by atoms with van der Waals surface area (Å²) < 4.78 is 11.3. The fraction of sp³-hybridized carbons (Fsp3) is 0.350. The number of benzene rings is 2. The predicted octanol–water partition coefficient (Wildman–Crippen LogP) is 4.59. The first kappa shape index (κ1) is 17.9. The second-order valence-corrected chi connectivity index (χ2v) is 6.89. The zero-order valence-corrected chi connectivity index (χ0v) is 14.8. The molecule has 2 aromatic rings. The minimum atomic E-state index is -0.299. The second kappa shape index (κ2) is 6.95. The molecule has 4 heteroatoms. The van der Waals surface area contributed by atoms with Gasteiger partial charge in [-0.05, 0) is 71.0 Å². The van der Waals surface area contributed by atoms with Crippen LogP contribution in [-0.2, 0) is 0 Å². The standard InChI is InChI=1S/C20H24O4/c1-13(2)23-17-8-6-7-16(19(17)22)18(21)14-9-11-15(12-10-14)24-20(3,4)5/h6-13,22H,1-5H3. The van der Waals surface area contributed by atoms with Crippen molar-refractivity contribution >= 4 is 5.78 Å². The fourth-order valence-corrected chi connectivity index (χ4v) is 2.24. The molecule has 0 spiro atoms. The molecule has 0 amide bonds. The van der Waals surface area contributed by atoms with Crippen LogP contribution in [0.5, 0.6) is 17.2 Å². The van der Waals surface area contributed by atoms with Gasteiger partial charge < -0.3 is 14.6 Å². The Balaban J connectivity index is 2.26. The zero-order chi connectivity index (χ0) is 17.9. The molecule has 0 radical (unpaired) electrons. The number of rotatable bonds is 5. The zero-order valence-electron chi connectivity index (χ0n) is 14.8. The van der Waals surface area contributed by atoms with Crippen LogP contribution in [0.4, 0.5) is 0 Å². The monoisotopic (exact) mass is 328 g/mol. The number of ketones is 1. The number of carbonyl (C=O) groups excluding carboxylic acids is 1. The first-order valence-corrected chi connectivity index (χ1v) is 8.00. The van der Waals surface area contributed by atoms with Gasteiger partial charge in [0.25, 0.3) is 0 Å². The molecule has 0 atom stereocenters. The second-order valence-electron chi connectivity index (χ2n) is 6.89. The summed E-state index contributed by atoms with van der Waals surface area (Å²) in [7, 11) is 0. The van der Waals surface area contributed by atoms with E-state index in [-0.39, 0.29) is 28.8 Å². The molecule has 0 aliphatic rings. The van der Waals surface area contributed by atoms with E-state index in [1.54, 1.807) is 42.5 Å². The van der Waals surface area contributed by atoms with Crippen LogP contribution in [0.3, 0.4) is 0 Å². The molecule has 0 saturated heterocycles. The summed E-state index contributed by atoms with van der Waals surface area (Å²) >= 11 is 0. The Hall–Kier alpha value is -2.49. The number of hydrogen-bond donors (Lipinski definition) is 1. The lowest BCUT2D eigenvalue weighted by atomic mass is 10.0. The molecule has 4 nitrogen and oxygen atoms in total. The summed E-state index contributed by atoms with van der Waals surface area (Å²) in [6.45, 7) is 9.61. The van der Waals surface area contributed by atoms with Gasteiger partial charge in [0.2, 0.25) is 0 Å². The van der Waals surface area contributed by atoms with Gasteiger partial charge in [-0.25, -0.2) is 0 Å². The minimum Gasteiger partial charge on any atom is -0.504 e. The highest BCUT2D eigenvalue weighted by atomic mass is 16.5. The van der Waals surface area contributed by atoms with E-state index in [0.717, 1.165) is 0 Å². The van der Waals surface area contributed by atoms with Gasteiger partial charge >= 0.3 is 0 Å². The number of phenols is 1. The van der Waals surface area contributed by atoms with E-state index < -0.39 is 0 Å². The maximum absolute atomic E-state index is 12.6. The molecular formula is C20H24O4. The van der Waals surface area contributed by atoms with E-state index in [9.17, 15) is 9.90 Å². The molecule has 0 aromatic heterocycles. The number of hydrogen-bond acceptors (Lipinski definition) is 4. The van der Waals surface area contributed by atoms with Crippen molar-refractivity contribution in [2.45, 2.75) is 46.3 Å². The van der Waals surface area contributed by atoms with Gasteiger partial charge in [0.15, 0.2) is 17.3 Å². The highest BCUT2D eigenvalue weighted by molar-refractivity contribution is 6.11. The van der Waals surface area contributed by atoms with Gasteiger partial charge in [0.1, 0.15) is 11.4 Å². The molecule has 0 aliphatic carbocycles. The summed E-state index contributed by atoms with van der Waals surface area (Å²) in [6.07, 6.45) is -0.0879. The molecule has 1 N–H and O–H groups in total. The maximum Gasteiger partial charge on any atom is 0.196 e. The van der Waals surface area contributed by atoms with Crippen molar-refractivity contribution in [1.29, 1.82) is 0 Å². The Morgan fingerprint density at radius 1 is 1.04 bits per heavy atom. The molecule has 0 heterocycles. The Morgan fingerprint density at radius 2 is 1.67 bits per heavy atom. The SMILES string of the molecule is CC(C)Oc1cccc(C(=O)c2ccc(OC(C)(C)C)cc2)c1O. The Labute approximate surface area is 143 Å². The number of carbonyl (C=O) groups is 1. The van der Waals surface area contributed by atoms with Crippen LogP contribution in [-0.4, -0.2) is 22.6 Å². The van der Waals surface area contributed by atoms with Gasteiger partial charge in [-0.1, -0.05) is 6.07 Å². The summed E-state index contributed by atoms with van der Waals surface area (Å²) in [4.78, 5) is 12.6. The Bertz CT molecular complexity index is 709. The third kappa shape index (κ3) is 4.51. The smallest absolute Gasteiger partial charge is 0.196 e. The molecule has 24 heavy (non-hydrogen) atoms. The molecule has 2 rings (SSSR count). The van der Waals surface area contributed by atoms with Gasteiger partial charge in [-0.3, -0.25) is 4.79 Å². The summed E-state index contributed by atoms with van der Waals surface area (Å²) in [5.41, 5.74) is 0.401. The van der Waals surface area contributed by atoms with E-state index in [2.05, 4.69) is 0 Å². The molecule has 0 aliphatic heterocycles. The van der Waals surface area contributed by atoms with Crippen LogP contribution in [0.15, 0.2) is 42.5 Å². The summed E-state index contributed by atoms with van der Waals surface area (Å²) in [6, 6.07) is 11.8. The predicted molar refractivity (Wildman–Crippen MR) is 94.1 cm³/mol. The van der Waals surface area contributed by atoms with Crippen LogP contribution in [0.1, 0.15) is 50.5 Å². The van der Waals surface area contributed by atoms with E-state index in [0.29, 0.717) is 17.1 Å². The molecule has 2 aromatic carbocycles. The number of ether oxygens (including phenoxy) is 2. The van der Waals surface area contributed by atoms with Crippen LogP contribution < -0.4 is 9.47 Å². The summed E-state index contributed by atoms with van der Waals surface area (Å²) in [5, 5.41) is 10.3. The third-order valence-electron chi connectivity index (χ3n) is 3.15. The molecular weight excluding hydrogens is 304 g/mol. The Kier molecular flexibility index (Phi) is 5.17. The average Bonchev–Trinajstić information content (AvgIpc) is 2.47. The fourth-order valence-electron chi connectivity index (χ4n) is 2.24. The van der Waals surface area contributed by atoms with E-state index in [4.69, 9.17) is 9.47 Å². The van der Waals surface area contributed by atoms with Crippen molar-refractivity contribution in [2.75, 3.05) is 0 Å². The van der Waals surface area contributed by atoms with Crippen LogP contribution in [0.25, 0.3) is 0 Å². The van der Waals surface area contributed by atoms with Crippen LogP contribution >= 0.6 is 0 Å². The topological polar surface area (TPSA) is 55.8 Å². The lowest BCUT2D eigenvalue weighted by Crippen LogP contribution is -2.22. The highest BCUT2D eigenvalue weighted by Crippen LogP contribution is 2.32. The van der Waals surface area contributed by atoms with Crippen molar-refractivity contribution in [3.8, 4) is 17.2 Å². The molecule has 0 bridgehead atoms. The number of para-hydroxylation sites is 1. The van der Waals surface area contributed by atoms with Crippen molar-refractivity contribution in [3.63, 3.8) is 0 Å². The van der Waals surface area contributed by atoms with Gasteiger partial charge in [-0.2, -0.15) is 0 Å². The van der Waals surface area contributed by atoms with Crippen molar-refractivity contribution in [1.82, 2.24) is 0 Å². The molecule has 128 valence electrons. The number of aromatic hydroxyl groups is 1. The van der Waals surface area contributed by atoms with Crippen molar-refractivity contribution < 1.29 is 19.4 Å². The van der Waals surface area contributed by atoms with E-state index in [1.165, 1.54) is 0 Å². The van der Waals surface area contributed by atoms with Crippen LogP contribution in [0.2, 0.25) is 0 Å². The maximum atomic E-state index is 12.6. The van der Waals surface area contributed by atoms with Crippen molar-refractivity contribution in [3.05, 3.63) is 53.6 Å². The highest BCUT2D eigenvalue weighted by Gasteiger charge is 2.18. The third-order valence-corrected chi connectivity index (χ3v) is 3.15. The lowest BCUT2D eigenvalue weighted by molar-refractivity contribution is 0.103. The van der Waals surface area contributed by atoms with E-state index >= 15 is 0 Å². The Morgan fingerprint density at radius 3 is 2.21 bits per heavy atom. The van der Waals surface area contributed by atoms with Crippen LogP contribution in [0, 0.1) is 0 Å². The minimum absolute atomic E-state index is 0.0879. The normalized spacial score (nSPS) is 11.4. The summed E-state index contributed by atoms with van der Waals surface area (Å²) in [5.74, 6) is 0.610. The first-order chi connectivity index (χ1) is 11.2. The first-order valence-electron chi connectivity index (χ1n) is 8.00. The average molecular weight is 328 g/mol. The molecule has 0 unspecified atom stereocenters. The van der Waals surface area contributed by atoms with E-state index in [1.807, 2.05) is 34.6 Å².